The number of esters is 4. The number of benzene rings is 5. The number of rotatable bonds is 52. The first-order chi connectivity index (χ1) is 52.2. The molecule has 11 unspecified atom stereocenters. The fourth-order valence-electron chi connectivity index (χ4n) is 14.4. The highest BCUT2D eigenvalue weighted by Crippen LogP contribution is 2.37. The molecule has 5 aromatic carbocycles. The van der Waals surface area contributed by atoms with E-state index in [9.17, 15) is 19.2 Å². The SMILES string of the molecule is CC(C)CCCC(C)CCCC(C)CCCC(C)CCOCC(CO[C@@H]1OC(COC(=O)c2ccccc2)[C@@H](O[C@H](OC2COC(c3ccccc3)O[C@@H]2C)[C@H](COC(=O)c2ccccc2)OC(=O)c2ccccc2)C(C)[C@@H]1OC(=O)c1ccccc1)OCCC(C)CCCC(C)CCCC(C)CCCC(C)C. The summed E-state index contributed by atoms with van der Waals surface area (Å²) in [5.41, 5.74) is 1.83. The molecule has 598 valence electrons. The Labute approximate surface area is 648 Å². The summed E-state index contributed by atoms with van der Waals surface area (Å²) in [5, 5.41) is 0. The van der Waals surface area contributed by atoms with Crippen LogP contribution in [0.3, 0.4) is 0 Å². The minimum atomic E-state index is -1.61. The molecule has 16 heteroatoms. The van der Waals surface area contributed by atoms with E-state index in [-0.39, 0.29) is 36.5 Å². The van der Waals surface area contributed by atoms with Gasteiger partial charge in [0.15, 0.2) is 31.1 Å². The Kier molecular flexibility index (Phi) is 41.0. The van der Waals surface area contributed by atoms with E-state index < -0.39 is 105 Å². The van der Waals surface area contributed by atoms with Crippen molar-refractivity contribution in [2.75, 3.05) is 46.2 Å². The third-order valence-electron chi connectivity index (χ3n) is 21.5. The summed E-state index contributed by atoms with van der Waals surface area (Å²) < 4.78 is 79.5. The van der Waals surface area contributed by atoms with Crippen molar-refractivity contribution in [2.24, 2.45) is 53.3 Å². The van der Waals surface area contributed by atoms with Gasteiger partial charge in [0.25, 0.3) is 0 Å². The third kappa shape index (κ3) is 33.3. The van der Waals surface area contributed by atoms with Crippen molar-refractivity contribution in [3.8, 4) is 0 Å². The van der Waals surface area contributed by atoms with Gasteiger partial charge in [-0.1, -0.05) is 295 Å². The first kappa shape index (κ1) is 88.9. The summed E-state index contributed by atoms with van der Waals surface area (Å²) in [6.07, 6.45) is 13.6. The van der Waals surface area contributed by atoms with Crippen LogP contribution < -0.4 is 0 Å². The smallest absolute Gasteiger partial charge is 0.338 e. The second-order valence-corrected chi connectivity index (χ2v) is 32.4. The van der Waals surface area contributed by atoms with Crippen molar-refractivity contribution in [2.45, 2.75) is 273 Å². The van der Waals surface area contributed by atoms with Gasteiger partial charge in [-0.3, -0.25) is 0 Å². The second kappa shape index (κ2) is 49.8. The molecule has 2 aliphatic rings. The molecule has 0 aromatic heterocycles. The Balaban J connectivity index is 1.13. The number of carbonyl (C=O) groups excluding carboxylic acids is 4. The Morgan fingerprint density at radius 2 is 0.843 bits per heavy atom. The molecular formula is C92H134O16. The molecule has 0 bridgehead atoms. The molecule has 2 fully saturated rings. The highest BCUT2D eigenvalue weighted by atomic mass is 16.8. The maximum absolute atomic E-state index is 14.6. The number of carbonyl (C=O) groups is 4. The maximum atomic E-state index is 14.6. The zero-order valence-corrected chi connectivity index (χ0v) is 67.5. The van der Waals surface area contributed by atoms with E-state index in [1.165, 1.54) is 96.3 Å². The topological polar surface area (TPSA) is 179 Å². The molecule has 2 saturated heterocycles. The van der Waals surface area contributed by atoms with Crippen LogP contribution in [0, 0.1) is 53.3 Å². The van der Waals surface area contributed by atoms with Gasteiger partial charge in [-0.25, -0.2) is 19.2 Å². The van der Waals surface area contributed by atoms with E-state index in [2.05, 4.69) is 69.2 Å². The van der Waals surface area contributed by atoms with Crippen LogP contribution >= 0.6 is 0 Å². The molecule has 17 atom stereocenters. The first-order valence-corrected chi connectivity index (χ1v) is 41.2. The fourth-order valence-corrected chi connectivity index (χ4v) is 14.4. The molecule has 2 aliphatic heterocycles. The van der Waals surface area contributed by atoms with Gasteiger partial charge in [0, 0.05) is 24.7 Å². The van der Waals surface area contributed by atoms with Crippen LogP contribution in [-0.4, -0.2) is 125 Å². The second-order valence-electron chi connectivity index (χ2n) is 32.4. The van der Waals surface area contributed by atoms with E-state index in [4.69, 9.17) is 56.8 Å². The molecule has 2 heterocycles. The van der Waals surface area contributed by atoms with Crippen molar-refractivity contribution in [1.29, 1.82) is 0 Å². The predicted molar refractivity (Wildman–Crippen MR) is 425 cm³/mol. The number of hydrogen-bond acceptors (Lipinski definition) is 16. The van der Waals surface area contributed by atoms with Gasteiger partial charge >= 0.3 is 23.9 Å². The average Bonchev–Trinajstić information content (AvgIpc) is 0.783. The molecule has 108 heavy (non-hydrogen) atoms. The van der Waals surface area contributed by atoms with Crippen molar-refractivity contribution in [3.63, 3.8) is 0 Å². The molecule has 0 N–H and O–H groups in total. The minimum Gasteiger partial charge on any atom is -0.459 e. The number of hydrogen-bond donors (Lipinski definition) is 0. The predicted octanol–water partition coefficient (Wildman–Crippen LogP) is 21.1. The number of ether oxygens (including phenoxy) is 12. The van der Waals surface area contributed by atoms with Crippen LogP contribution in [0.2, 0.25) is 0 Å². The quantitative estimate of drug-likeness (QED) is 0.0155. The van der Waals surface area contributed by atoms with E-state index in [1.807, 2.05) is 50.2 Å². The minimum absolute atomic E-state index is 0.00752. The molecule has 0 spiro atoms. The molecule has 16 nitrogen and oxygen atoms in total. The molecule has 0 radical (unpaired) electrons. The lowest BCUT2D eigenvalue weighted by molar-refractivity contribution is -0.345. The van der Waals surface area contributed by atoms with Gasteiger partial charge in [-0.15, -0.1) is 0 Å². The Morgan fingerprint density at radius 1 is 0.426 bits per heavy atom. The summed E-state index contributed by atoms with van der Waals surface area (Å²) in [4.78, 5) is 57.0. The van der Waals surface area contributed by atoms with Gasteiger partial charge in [0.05, 0.1) is 54.3 Å². The average molecular weight is 1500 g/mol. The van der Waals surface area contributed by atoms with Crippen LogP contribution in [0.5, 0.6) is 0 Å². The summed E-state index contributed by atoms with van der Waals surface area (Å²) in [5.74, 6) is 1.77. The van der Waals surface area contributed by atoms with Crippen LogP contribution in [0.15, 0.2) is 152 Å². The van der Waals surface area contributed by atoms with Crippen LogP contribution in [0.1, 0.15) is 265 Å². The molecule has 0 saturated carbocycles. The molecule has 0 aliphatic carbocycles. The standard InChI is InChI=1S/C92H134O16/c1-65(2)34-28-36-67(5)38-30-40-69(7)42-32-44-71(9)56-58-97-60-80(98-59-57-72(10)45-33-43-70(8)41-31-39-68(6)37-29-35-66(3)4)61-101-92-85(107-89(96)78-52-24-16-25-53-78)73(11)84(82(106-92)63-99-86(93)75-46-18-13-19-47-75)108-91(105-81-62-102-90(103-74(81)12)79-54-26-17-27-55-79)83(104-88(95)77-50-22-15-23-51-77)64-100-87(94)76-48-20-14-21-49-76/h13-27,46-55,65-74,80-85,90-92H,28-45,56-64H2,1-12H3/t67?,68?,69?,70?,71?,72?,73?,74-,80?,81?,82?,83+,84+,85+,90?,91+,92-/m1/s1. The Bertz CT molecular complexity index is 3210. The summed E-state index contributed by atoms with van der Waals surface area (Å²) in [7, 11) is 0. The van der Waals surface area contributed by atoms with E-state index in [0.29, 0.717) is 42.4 Å². The Hall–Kier alpha value is -6.34. The normalized spacial score (nSPS) is 21.4. The zero-order valence-electron chi connectivity index (χ0n) is 67.5. The van der Waals surface area contributed by atoms with Gasteiger partial charge < -0.3 is 56.8 Å². The Morgan fingerprint density at radius 3 is 1.31 bits per heavy atom. The molecule has 0 amide bonds. The van der Waals surface area contributed by atoms with Gasteiger partial charge in [-0.05, 0) is 116 Å². The highest BCUT2D eigenvalue weighted by Gasteiger charge is 2.51. The van der Waals surface area contributed by atoms with Crippen LogP contribution in [0.25, 0.3) is 0 Å². The molecular weight excluding hydrogens is 1360 g/mol. The van der Waals surface area contributed by atoms with Gasteiger partial charge in [0.1, 0.15) is 31.5 Å². The monoisotopic (exact) mass is 1490 g/mol. The lowest BCUT2D eigenvalue weighted by Crippen LogP contribution is -2.60. The molecule has 5 aromatic rings. The van der Waals surface area contributed by atoms with Gasteiger partial charge in [0.2, 0.25) is 0 Å². The van der Waals surface area contributed by atoms with Crippen molar-refractivity contribution in [3.05, 3.63) is 179 Å². The van der Waals surface area contributed by atoms with Gasteiger partial charge in [-0.2, -0.15) is 0 Å². The largest absolute Gasteiger partial charge is 0.459 e. The van der Waals surface area contributed by atoms with E-state index >= 15 is 0 Å². The lowest BCUT2D eigenvalue weighted by Gasteiger charge is -2.46. The zero-order chi connectivity index (χ0) is 77.4. The summed E-state index contributed by atoms with van der Waals surface area (Å²) in [6.45, 7) is 27.5. The summed E-state index contributed by atoms with van der Waals surface area (Å²) in [6, 6.07) is 43.6. The van der Waals surface area contributed by atoms with Crippen molar-refractivity contribution >= 4 is 23.9 Å². The fraction of sp³-hybridized carbons (Fsp3) is 0.630. The van der Waals surface area contributed by atoms with E-state index in [0.717, 1.165) is 61.3 Å². The molecule has 7 rings (SSSR count). The van der Waals surface area contributed by atoms with E-state index in [1.54, 1.807) is 115 Å². The lowest BCUT2D eigenvalue weighted by atomic mass is 9.90. The van der Waals surface area contributed by atoms with Crippen molar-refractivity contribution < 1.29 is 76.0 Å². The van der Waals surface area contributed by atoms with Crippen molar-refractivity contribution in [1.82, 2.24) is 0 Å². The first-order valence-electron chi connectivity index (χ1n) is 41.2. The maximum Gasteiger partial charge on any atom is 0.338 e. The highest BCUT2D eigenvalue weighted by molar-refractivity contribution is 5.91. The van der Waals surface area contributed by atoms with Crippen LogP contribution in [0.4, 0.5) is 0 Å². The van der Waals surface area contributed by atoms with Crippen LogP contribution in [-0.2, 0) is 56.8 Å². The third-order valence-corrected chi connectivity index (χ3v) is 21.5. The summed E-state index contributed by atoms with van der Waals surface area (Å²) >= 11 is 0.